The number of nitrogens with zero attached hydrogens (tertiary/aromatic N) is 4. The number of aromatic nitrogens is 3. The maximum Gasteiger partial charge on any atom is 0.343 e. The van der Waals surface area contributed by atoms with Crippen LogP contribution in [0.4, 0.5) is 0 Å². The maximum atomic E-state index is 12.6. The van der Waals surface area contributed by atoms with Crippen LogP contribution in [0.5, 0.6) is 0 Å². The summed E-state index contributed by atoms with van der Waals surface area (Å²) in [7, 11) is 0. The Morgan fingerprint density at radius 1 is 1.26 bits per heavy atom. The Kier molecular flexibility index (Phi) is 5.15. The van der Waals surface area contributed by atoms with Crippen molar-refractivity contribution in [2.45, 2.75) is 57.5 Å². The molecule has 0 spiro atoms. The van der Waals surface area contributed by atoms with E-state index in [-0.39, 0.29) is 17.6 Å². The molecule has 2 aliphatic rings. The van der Waals surface area contributed by atoms with Crippen LogP contribution in [0.3, 0.4) is 0 Å². The fourth-order valence-electron chi connectivity index (χ4n) is 3.91. The van der Waals surface area contributed by atoms with Gasteiger partial charge >= 0.3 is 5.69 Å². The van der Waals surface area contributed by atoms with Crippen molar-refractivity contribution in [3.05, 3.63) is 16.8 Å². The highest BCUT2D eigenvalue weighted by atomic mass is 16.2. The number of H-pyrrole nitrogens is 1. The predicted molar refractivity (Wildman–Crippen MR) is 87.2 cm³/mol. The summed E-state index contributed by atoms with van der Waals surface area (Å²) in [6.45, 7) is 5.32. The van der Waals surface area contributed by atoms with Crippen molar-refractivity contribution in [1.29, 1.82) is 0 Å². The van der Waals surface area contributed by atoms with Crippen LogP contribution < -0.4 is 5.69 Å². The molecule has 2 aliphatic heterocycles. The highest BCUT2D eigenvalue weighted by Gasteiger charge is 2.28. The van der Waals surface area contributed by atoms with Crippen LogP contribution in [0, 0.1) is 0 Å². The van der Waals surface area contributed by atoms with Gasteiger partial charge in [0.2, 0.25) is 5.91 Å². The fourth-order valence-corrected chi connectivity index (χ4v) is 3.91. The Morgan fingerprint density at radius 2 is 2.04 bits per heavy atom. The highest BCUT2D eigenvalue weighted by molar-refractivity contribution is 5.78. The molecule has 0 aliphatic carbocycles. The first-order valence-corrected chi connectivity index (χ1v) is 8.82. The average molecular weight is 321 g/mol. The predicted octanol–water partition coefficient (Wildman–Crippen LogP) is 0.999. The van der Waals surface area contributed by atoms with Crippen molar-refractivity contribution < 1.29 is 4.79 Å². The third-order valence-electron chi connectivity index (χ3n) is 5.30. The van der Waals surface area contributed by atoms with Gasteiger partial charge in [-0.05, 0) is 38.5 Å². The van der Waals surface area contributed by atoms with Gasteiger partial charge in [-0.2, -0.15) is 5.10 Å². The number of amides is 1. The van der Waals surface area contributed by atoms with Crippen molar-refractivity contribution in [2.75, 3.05) is 26.2 Å². The van der Waals surface area contributed by atoms with Crippen LogP contribution >= 0.6 is 0 Å². The Labute approximate surface area is 136 Å². The average Bonchev–Trinajstić information content (AvgIpc) is 3.01. The molecule has 0 aromatic carbocycles. The second-order valence-electron chi connectivity index (χ2n) is 6.72. The van der Waals surface area contributed by atoms with Crippen molar-refractivity contribution in [1.82, 2.24) is 24.6 Å². The molecule has 0 bridgehead atoms. The van der Waals surface area contributed by atoms with Crippen LogP contribution in [0.1, 0.15) is 51.5 Å². The van der Waals surface area contributed by atoms with E-state index in [2.05, 4.69) is 26.9 Å². The number of rotatable bonds is 4. The quantitative estimate of drug-likeness (QED) is 0.898. The Bertz CT molecular complexity index is 573. The van der Waals surface area contributed by atoms with Gasteiger partial charge in [0.1, 0.15) is 6.33 Å². The van der Waals surface area contributed by atoms with E-state index in [4.69, 9.17) is 0 Å². The first-order chi connectivity index (χ1) is 11.2. The molecule has 7 heteroatoms. The number of carbonyl (C=O) groups excluding carboxylic acids is 1. The van der Waals surface area contributed by atoms with E-state index in [0.29, 0.717) is 12.6 Å². The molecule has 3 heterocycles. The second-order valence-corrected chi connectivity index (χ2v) is 6.72. The molecule has 1 N–H and O–H groups in total. The van der Waals surface area contributed by atoms with Gasteiger partial charge in [0.15, 0.2) is 0 Å². The zero-order valence-corrected chi connectivity index (χ0v) is 13.9. The normalized spacial score (nSPS) is 24.0. The van der Waals surface area contributed by atoms with Gasteiger partial charge in [0.05, 0.1) is 6.54 Å². The van der Waals surface area contributed by atoms with E-state index in [1.54, 1.807) is 10.9 Å². The number of aromatic amines is 1. The molecule has 1 atom stereocenters. The van der Waals surface area contributed by atoms with Crippen LogP contribution in [0.15, 0.2) is 11.1 Å². The number of hydrogen-bond acceptors (Lipinski definition) is 4. The minimum atomic E-state index is -0.140. The molecule has 1 aromatic heterocycles. The van der Waals surface area contributed by atoms with E-state index in [9.17, 15) is 9.59 Å². The standard InChI is InChI=1S/C16H27N5O2/c1-2-13-5-3-4-8-20(13)15(22)11-19-9-6-14(7-10-19)21-12-17-18-16(21)23/h12-14H,2-11H2,1H3,(H,18,23). The van der Waals surface area contributed by atoms with Gasteiger partial charge in [-0.3, -0.25) is 14.3 Å². The number of likely N-dealkylation sites (tertiary alicyclic amines) is 2. The summed E-state index contributed by atoms with van der Waals surface area (Å²) in [6, 6.07) is 0.629. The van der Waals surface area contributed by atoms with Crippen LogP contribution in [0.25, 0.3) is 0 Å². The summed E-state index contributed by atoms with van der Waals surface area (Å²) >= 11 is 0. The minimum Gasteiger partial charge on any atom is -0.339 e. The number of hydrogen-bond donors (Lipinski definition) is 1. The lowest BCUT2D eigenvalue weighted by atomic mass is 9.99. The van der Waals surface area contributed by atoms with Gasteiger partial charge in [-0.1, -0.05) is 6.92 Å². The molecule has 2 saturated heterocycles. The number of nitrogens with one attached hydrogen (secondary N) is 1. The number of carbonyl (C=O) groups is 1. The van der Waals surface area contributed by atoms with E-state index < -0.39 is 0 Å². The fraction of sp³-hybridized carbons (Fsp3) is 0.812. The molecule has 1 unspecified atom stereocenters. The van der Waals surface area contributed by atoms with Gasteiger partial charge in [0, 0.05) is 31.7 Å². The first-order valence-electron chi connectivity index (χ1n) is 8.82. The van der Waals surface area contributed by atoms with E-state index in [0.717, 1.165) is 51.7 Å². The smallest absolute Gasteiger partial charge is 0.339 e. The van der Waals surface area contributed by atoms with E-state index >= 15 is 0 Å². The maximum absolute atomic E-state index is 12.6. The largest absolute Gasteiger partial charge is 0.343 e. The zero-order valence-electron chi connectivity index (χ0n) is 13.9. The zero-order chi connectivity index (χ0) is 16.2. The Morgan fingerprint density at radius 3 is 2.70 bits per heavy atom. The summed E-state index contributed by atoms with van der Waals surface area (Å²) in [5.74, 6) is 0.274. The molecular weight excluding hydrogens is 294 g/mol. The molecule has 128 valence electrons. The van der Waals surface area contributed by atoms with Gasteiger partial charge in [-0.15, -0.1) is 0 Å². The molecule has 2 fully saturated rings. The third-order valence-corrected chi connectivity index (χ3v) is 5.30. The molecular formula is C16H27N5O2. The van der Waals surface area contributed by atoms with E-state index in [1.165, 1.54) is 6.42 Å². The third kappa shape index (κ3) is 3.65. The van der Waals surface area contributed by atoms with Crippen LogP contribution in [-0.4, -0.2) is 62.7 Å². The second kappa shape index (κ2) is 7.29. The van der Waals surface area contributed by atoms with Crippen molar-refractivity contribution >= 4 is 5.91 Å². The van der Waals surface area contributed by atoms with Gasteiger partial charge < -0.3 is 4.90 Å². The summed E-state index contributed by atoms with van der Waals surface area (Å²) in [4.78, 5) is 28.6. The Hall–Kier alpha value is -1.63. The first kappa shape index (κ1) is 16.2. The highest BCUT2D eigenvalue weighted by Crippen LogP contribution is 2.22. The SMILES string of the molecule is CCC1CCCCN1C(=O)CN1CCC(n2cn[nH]c2=O)CC1. The number of piperidine rings is 2. The van der Waals surface area contributed by atoms with E-state index in [1.807, 2.05) is 0 Å². The molecule has 23 heavy (non-hydrogen) atoms. The lowest BCUT2D eigenvalue weighted by Crippen LogP contribution is -2.49. The lowest BCUT2D eigenvalue weighted by Gasteiger charge is -2.38. The summed E-state index contributed by atoms with van der Waals surface area (Å²) in [6.07, 6.45) is 7.94. The van der Waals surface area contributed by atoms with Crippen molar-refractivity contribution in [3.63, 3.8) is 0 Å². The molecule has 0 saturated carbocycles. The van der Waals surface area contributed by atoms with Crippen LogP contribution in [0.2, 0.25) is 0 Å². The minimum absolute atomic E-state index is 0.140. The summed E-state index contributed by atoms with van der Waals surface area (Å²) < 4.78 is 1.68. The molecule has 1 aromatic rings. The van der Waals surface area contributed by atoms with Gasteiger partial charge in [0.25, 0.3) is 0 Å². The molecule has 1 amide bonds. The topological polar surface area (TPSA) is 74.2 Å². The Balaban J connectivity index is 1.51. The van der Waals surface area contributed by atoms with Gasteiger partial charge in [-0.25, -0.2) is 9.89 Å². The molecule has 7 nitrogen and oxygen atoms in total. The summed E-state index contributed by atoms with van der Waals surface area (Å²) in [5, 5.41) is 6.24. The monoisotopic (exact) mass is 321 g/mol. The molecule has 3 rings (SSSR count). The molecule has 0 radical (unpaired) electrons. The van der Waals surface area contributed by atoms with Crippen LogP contribution in [-0.2, 0) is 4.79 Å². The summed E-state index contributed by atoms with van der Waals surface area (Å²) in [5.41, 5.74) is -0.140. The van der Waals surface area contributed by atoms with Crippen molar-refractivity contribution in [3.8, 4) is 0 Å². The lowest BCUT2D eigenvalue weighted by molar-refractivity contribution is -0.136. The van der Waals surface area contributed by atoms with Crippen molar-refractivity contribution in [2.24, 2.45) is 0 Å².